The molecule has 1 rings (SSSR count). The molecule has 0 amide bonds. The van der Waals surface area contributed by atoms with Crippen molar-refractivity contribution >= 4 is 0 Å². The van der Waals surface area contributed by atoms with Gasteiger partial charge in [0, 0.05) is 0 Å². The third-order valence-corrected chi connectivity index (χ3v) is 1.88. The highest BCUT2D eigenvalue weighted by Gasteiger charge is 2.05. The molecule has 0 aliphatic heterocycles. The first kappa shape index (κ1) is 8.97. The van der Waals surface area contributed by atoms with Crippen molar-refractivity contribution in [2.45, 2.75) is 13.8 Å². The summed E-state index contributed by atoms with van der Waals surface area (Å²) >= 11 is 0. The predicted molar refractivity (Wildman–Crippen MR) is 42.5 cm³/mol. The van der Waals surface area contributed by atoms with Gasteiger partial charge in [0.15, 0.2) is 0 Å². The first-order valence-electron chi connectivity index (χ1n) is 3.61. The summed E-state index contributed by atoms with van der Waals surface area (Å²) in [4.78, 5) is 0. The number of ether oxygens (including phenoxy) is 1. The number of halogens is 2. The Hall–Kier alpha value is -1.12. The summed E-state index contributed by atoms with van der Waals surface area (Å²) in [5, 5.41) is 0. The summed E-state index contributed by atoms with van der Waals surface area (Å²) in [5.41, 5.74) is 1.15. The smallest absolute Gasteiger partial charge is 0.228 e. The summed E-state index contributed by atoms with van der Waals surface area (Å²) in [6.45, 7) is 2.45. The topological polar surface area (TPSA) is 9.23 Å². The Morgan fingerprint density at radius 2 is 1.92 bits per heavy atom. The van der Waals surface area contributed by atoms with E-state index in [0.29, 0.717) is 16.9 Å². The monoisotopic (exact) mass is 172 g/mol. The van der Waals surface area contributed by atoms with Crippen molar-refractivity contribution in [2.24, 2.45) is 0 Å². The van der Waals surface area contributed by atoms with E-state index in [9.17, 15) is 8.78 Å². The van der Waals surface area contributed by atoms with Crippen LogP contribution in [0, 0.1) is 19.7 Å². The summed E-state index contributed by atoms with van der Waals surface area (Å²) in [7, 11) is 0. The highest BCUT2D eigenvalue weighted by Crippen LogP contribution is 2.22. The average Bonchev–Trinajstić information content (AvgIpc) is 2.07. The zero-order valence-electron chi connectivity index (χ0n) is 7.03. The van der Waals surface area contributed by atoms with Gasteiger partial charge >= 0.3 is 0 Å². The van der Waals surface area contributed by atoms with E-state index < -0.39 is 6.86 Å². The van der Waals surface area contributed by atoms with Crippen molar-refractivity contribution in [3.8, 4) is 5.75 Å². The normalized spacial score (nSPS) is 10.0. The molecule has 1 nitrogen and oxygen atoms in total. The minimum atomic E-state index is -0.883. The Balaban J connectivity index is 3.08. The fourth-order valence-corrected chi connectivity index (χ4v) is 0.978. The van der Waals surface area contributed by atoms with Gasteiger partial charge in [-0.3, -0.25) is 0 Å². The lowest BCUT2D eigenvalue weighted by molar-refractivity contribution is 0.190. The maximum atomic E-state index is 12.9. The molecular formula is C9H10F2O. The van der Waals surface area contributed by atoms with Crippen LogP contribution in [0.2, 0.25) is 0 Å². The second-order valence-corrected chi connectivity index (χ2v) is 2.55. The molecule has 0 aromatic heterocycles. The van der Waals surface area contributed by atoms with Gasteiger partial charge in [0.05, 0.1) is 0 Å². The van der Waals surface area contributed by atoms with Crippen molar-refractivity contribution in [2.75, 3.05) is 6.86 Å². The summed E-state index contributed by atoms with van der Waals surface area (Å²) < 4.78 is 29.3. The molecule has 1 aromatic rings. The molecule has 0 unspecified atom stereocenters. The molecule has 0 radical (unpaired) electrons. The van der Waals surface area contributed by atoms with E-state index in [0.717, 1.165) is 0 Å². The van der Waals surface area contributed by atoms with E-state index in [1.165, 1.54) is 12.1 Å². The number of hydrogen-bond acceptors (Lipinski definition) is 1. The van der Waals surface area contributed by atoms with E-state index >= 15 is 0 Å². The molecule has 0 spiro atoms. The Labute approximate surface area is 70.0 Å². The van der Waals surface area contributed by atoms with Crippen LogP contribution in [-0.4, -0.2) is 6.86 Å². The van der Waals surface area contributed by atoms with Crippen LogP contribution < -0.4 is 4.74 Å². The summed E-state index contributed by atoms with van der Waals surface area (Å²) in [6, 6.07) is 2.70. The third kappa shape index (κ3) is 1.55. The van der Waals surface area contributed by atoms with Crippen LogP contribution in [0.15, 0.2) is 12.1 Å². The molecule has 0 aliphatic carbocycles. The Kier molecular flexibility index (Phi) is 2.63. The van der Waals surface area contributed by atoms with Gasteiger partial charge in [-0.1, -0.05) is 0 Å². The summed E-state index contributed by atoms with van der Waals surface area (Å²) in [5.74, 6) is 0.107. The fraction of sp³-hybridized carbons (Fsp3) is 0.333. The number of benzene rings is 1. The van der Waals surface area contributed by atoms with E-state index in [-0.39, 0.29) is 5.82 Å². The molecule has 3 heteroatoms. The van der Waals surface area contributed by atoms with Crippen LogP contribution in [-0.2, 0) is 0 Å². The average molecular weight is 172 g/mol. The standard InChI is InChI=1S/C9H10F2O/c1-6-7(2)9(12-5-10)4-3-8(6)11/h3-4H,5H2,1-2H3. The maximum absolute atomic E-state index is 12.9. The molecule has 0 saturated carbocycles. The predicted octanol–water partition coefficient (Wildman–Crippen LogP) is 2.75. The Morgan fingerprint density at radius 1 is 1.25 bits per heavy atom. The molecule has 0 N–H and O–H groups in total. The van der Waals surface area contributed by atoms with Crippen LogP contribution >= 0.6 is 0 Å². The second-order valence-electron chi connectivity index (χ2n) is 2.55. The molecule has 0 saturated heterocycles. The Morgan fingerprint density at radius 3 is 2.50 bits per heavy atom. The molecule has 0 heterocycles. The van der Waals surface area contributed by atoms with Gasteiger partial charge in [-0.25, -0.2) is 8.78 Å². The largest absolute Gasteiger partial charge is 0.463 e. The number of rotatable bonds is 2. The first-order valence-corrected chi connectivity index (χ1v) is 3.61. The quantitative estimate of drug-likeness (QED) is 0.666. The maximum Gasteiger partial charge on any atom is 0.228 e. The van der Waals surface area contributed by atoms with Gasteiger partial charge in [-0.15, -0.1) is 0 Å². The van der Waals surface area contributed by atoms with Gasteiger partial charge in [0.2, 0.25) is 6.86 Å². The van der Waals surface area contributed by atoms with Gasteiger partial charge in [-0.2, -0.15) is 0 Å². The van der Waals surface area contributed by atoms with Crippen LogP contribution in [0.3, 0.4) is 0 Å². The molecular weight excluding hydrogens is 162 g/mol. The van der Waals surface area contributed by atoms with Crippen molar-refractivity contribution in [3.63, 3.8) is 0 Å². The molecule has 1 aromatic carbocycles. The van der Waals surface area contributed by atoms with E-state index in [4.69, 9.17) is 0 Å². The van der Waals surface area contributed by atoms with Gasteiger partial charge in [-0.05, 0) is 37.1 Å². The zero-order chi connectivity index (χ0) is 9.14. The minimum absolute atomic E-state index is 0.293. The third-order valence-electron chi connectivity index (χ3n) is 1.88. The lowest BCUT2D eigenvalue weighted by Gasteiger charge is -2.07. The number of hydrogen-bond donors (Lipinski definition) is 0. The molecule has 66 valence electrons. The van der Waals surface area contributed by atoms with Gasteiger partial charge in [0.1, 0.15) is 11.6 Å². The van der Waals surface area contributed by atoms with Crippen LogP contribution in [0.25, 0.3) is 0 Å². The molecule has 0 fully saturated rings. The summed E-state index contributed by atoms with van der Waals surface area (Å²) in [6.07, 6.45) is 0. The van der Waals surface area contributed by atoms with Crippen molar-refractivity contribution < 1.29 is 13.5 Å². The van der Waals surface area contributed by atoms with Crippen LogP contribution in [0.4, 0.5) is 8.78 Å². The molecule has 12 heavy (non-hydrogen) atoms. The highest BCUT2D eigenvalue weighted by molar-refractivity contribution is 5.39. The highest BCUT2D eigenvalue weighted by atomic mass is 19.1. The van der Waals surface area contributed by atoms with Crippen LogP contribution in [0.5, 0.6) is 5.75 Å². The van der Waals surface area contributed by atoms with Crippen molar-refractivity contribution in [1.29, 1.82) is 0 Å². The number of alkyl halides is 1. The zero-order valence-corrected chi connectivity index (χ0v) is 7.03. The van der Waals surface area contributed by atoms with Gasteiger partial charge in [0.25, 0.3) is 0 Å². The van der Waals surface area contributed by atoms with Crippen LogP contribution in [0.1, 0.15) is 11.1 Å². The van der Waals surface area contributed by atoms with Crippen molar-refractivity contribution in [1.82, 2.24) is 0 Å². The van der Waals surface area contributed by atoms with E-state index in [2.05, 4.69) is 4.74 Å². The minimum Gasteiger partial charge on any atom is -0.463 e. The lowest BCUT2D eigenvalue weighted by atomic mass is 10.1. The molecule has 0 atom stereocenters. The Bertz CT molecular complexity index is 284. The lowest BCUT2D eigenvalue weighted by Crippen LogP contribution is -1.96. The SMILES string of the molecule is Cc1c(F)ccc(OCF)c1C. The van der Waals surface area contributed by atoms with E-state index in [1.54, 1.807) is 13.8 Å². The fourth-order valence-electron chi connectivity index (χ4n) is 0.978. The molecule has 0 bridgehead atoms. The van der Waals surface area contributed by atoms with E-state index in [1.807, 2.05) is 0 Å². The van der Waals surface area contributed by atoms with Gasteiger partial charge < -0.3 is 4.74 Å². The first-order chi connectivity index (χ1) is 5.66. The van der Waals surface area contributed by atoms with Crippen molar-refractivity contribution in [3.05, 3.63) is 29.1 Å². The second kappa shape index (κ2) is 3.52. The molecule has 0 aliphatic rings.